The normalized spacial score (nSPS) is 14.0. The van der Waals surface area contributed by atoms with Crippen LogP contribution in [0.5, 0.6) is 0 Å². The summed E-state index contributed by atoms with van der Waals surface area (Å²) in [7, 11) is -3.51. The van der Waals surface area contributed by atoms with Gasteiger partial charge in [-0.05, 0) is 54.7 Å². The third-order valence-corrected chi connectivity index (χ3v) is 6.79. The van der Waals surface area contributed by atoms with E-state index in [0.29, 0.717) is 0 Å². The molecule has 0 bridgehead atoms. The number of nitrogens with one attached hydrogen (secondary N) is 1. The fraction of sp³-hybridized carbons (Fsp3) is 0.333. The molecule has 0 saturated heterocycles. The largest absolute Gasteiger partial charge is 0.301 e. The molecule has 0 spiro atoms. The molecule has 1 heterocycles. The van der Waals surface area contributed by atoms with Gasteiger partial charge in [0.1, 0.15) is 0 Å². The summed E-state index contributed by atoms with van der Waals surface area (Å²) in [6, 6.07) is 7.20. The topological polar surface area (TPSA) is 83.6 Å². The molecule has 6 nitrogen and oxygen atoms in total. The second kappa shape index (κ2) is 7.32. The molecule has 0 saturated carbocycles. The zero-order chi connectivity index (χ0) is 18.0. The average Bonchev–Trinajstić information content (AvgIpc) is 3.00. The molecule has 1 atom stereocenters. The van der Waals surface area contributed by atoms with E-state index in [2.05, 4.69) is 4.72 Å². The van der Waals surface area contributed by atoms with Gasteiger partial charge in [-0.15, -0.1) is 0 Å². The van der Waals surface area contributed by atoms with Gasteiger partial charge in [-0.1, -0.05) is 6.07 Å². The predicted octanol–water partition coefficient (Wildman–Crippen LogP) is 1.73. The number of sulfonamides is 1. The average molecular weight is 389 g/mol. The number of hydrogen-bond donors (Lipinski definition) is 1. The van der Waals surface area contributed by atoms with Crippen molar-refractivity contribution in [2.45, 2.75) is 15.8 Å². The van der Waals surface area contributed by atoms with E-state index in [4.69, 9.17) is 0 Å². The van der Waals surface area contributed by atoms with E-state index in [1.807, 2.05) is 35.8 Å². The SMILES string of the molecule is CN(C)C(CNS(=O)(=O)c1cccc(S(C)(=O)=O)c1)c1ccsc1. The molecule has 0 aliphatic rings. The summed E-state index contributed by atoms with van der Waals surface area (Å²) in [5, 5.41) is 3.92. The van der Waals surface area contributed by atoms with Crippen molar-refractivity contribution in [3.05, 3.63) is 46.7 Å². The van der Waals surface area contributed by atoms with Crippen molar-refractivity contribution in [2.24, 2.45) is 0 Å². The van der Waals surface area contributed by atoms with Crippen LogP contribution in [-0.4, -0.2) is 48.6 Å². The zero-order valence-electron chi connectivity index (χ0n) is 13.6. The summed E-state index contributed by atoms with van der Waals surface area (Å²) in [6.45, 7) is 0.190. The Bertz CT molecular complexity index is 889. The Morgan fingerprint density at radius 3 is 2.33 bits per heavy atom. The molecule has 0 amide bonds. The smallest absolute Gasteiger partial charge is 0.240 e. The first kappa shape index (κ1) is 19.1. The Labute approximate surface area is 147 Å². The van der Waals surface area contributed by atoms with Gasteiger partial charge in [0.05, 0.1) is 9.79 Å². The van der Waals surface area contributed by atoms with Gasteiger partial charge >= 0.3 is 0 Å². The standard InChI is InChI=1S/C15H20N2O4S3/c1-17(2)15(12-7-8-22-11-12)10-16-24(20,21)14-6-4-5-13(9-14)23(3,18)19/h4-9,11,15-16H,10H2,1-3H3. The summed E-state index contributed by atoms with van der Waals surface area (Å²) >= 11 is 1.55. The molecule has 1 N–H and O–H groups in total. The van der Waals surface area contributed by atoms with Crippen LogP contribution in [0.25, 0.3) is 0 Å². The van der Waals surface area contributed by atoms with E-state index in [0.717, 1.165) is 11.8 Å². The summed E-state index contributed by atoms with van der Waals surface area (Å²) in [5.74, 6) is 0. The Hall–Kier alpha value is -1.26. The van der Waals surface area contributed by atoms with Gasteiger partial charge in [0.15, 0.2) is 9.84 Å². The monoisotopic (exact) mass is 388 g/mol. The van der Waals surface area contributed by atoms with E-state index < -0.39 is 19.9 Å². The maximum absolute atomic E-state index is 12.5. The summed E-state index contributed by atoms with van der Waals surface area (Å²) < 4.78 is 50.7. The maximum atomic E-state index is 12.5. The van der Waals surface area contributed by atoms with Crippen LogP contribution in [0, 0.1) is 0 Å². The Kier molecular flexibility index (Phi) is 5.82. The van der Waals surface area contributed by atoms with Gasteiger partial charge in [0.25, 0.3) is 0 Å². The second-order valence-electron chi connectivity index (χ2n) is 5.64. The quantitative estimate of drug-likeness (QED) is 0.781. The Morgan fingerprint density at radius 1 is 1.12 bits per heavy atom. The molecule has 132 valence electrons. The molecule has 1 unspecified atom stereocenters. The van der Waals surface area contributed by atoms with E-state index in [9.17, 15) is 16.8 Å². The van der Waals surface area contributed by atoms with Gasteiger partial charge in [-0.25, -0.2) is 21.6 Å². The lowest BCUT2D eigenvalue weighted by Gasteiger charge is -2.24. The number of thiophene rings is 1. The van der Waals surface area contributed by atoms with Crippen molar-refractivity contribution in [1.29, 1.82) is 0 Å². The van der Waals surface area contributed by atoms with Crippen LogP contribution in [0.1, 0.15) is 11.6 Å². The van der Waals surface area contributed by atoms with Crippen LogP contribution >= 0.6 is 11.3 Å². The number of likely N-dealkylation sites (N-methyl/N-ethyl adjacent to an activating group) is 1. The molecule has 0 fully saturated rings. The summed E-state index contributed by atoms with van der Waals surface area (Å²) in [5.41, 5.74) is 1.03. The molecular weight excluding hydrogens is 368 g/mol. The van der Waals surface area contributed by atoms with Crippen molar-refractivity contribution in [1.82, 2.24) is 9.62 Å². The first-order chi connectivity index (χ1) is 11.1. The highest BCUT2D eigenvalue weighted by Crippen LogP contribution is 2.21. The molecule has 0 radical (unpaired) electrons. The molecule has 1 aromatic carbocycles. The van der Waals surface area contributed by atoms with Crippen molar-refractivity contribution in [3.8, 4) is 0 Å². The van der Waals surface area contributed by atoms with Gasteiger partial charge in [-0.3, -0.25) is 0 Å². The number of hydrogen-bond acceptors (Lipinski definition) is 6. The van der Waals surface area contributed by atoms with E-state index in [1.165, 1.54) is 24.3 Å². The Morgan fingerprint density at radius 2 is 1.79 bits per heavy atom. The van der Waals surface area contributed by atoms with Gasteiger partial charge in [0, 0.05) is 18.8 Å². The van der Waals surface area contributed by atoms with Crippen LogP contribution in [-0.2, 0) is 19.9 Å². The number of sulfone groups is 1. The second-order valence-corrected chi connectivity index (χ2v) is 10.2. The minimum absolute atomic E-state index is 0.0210. The van der Waals surface area contributed by atoms with Gasteiger partial charge < -0.3 is 4.90 Å². The molecule has 9 heteroatoms. The molecule has 2 aromatic rings. The first-order valence-electron chi connectivity index (χ1n) is 7.09. The van der Waals surface area contributed by atoms with E-state index in [-0.39, 0.29) is 22.4 Å². The summed E-state index contributed by atoms with van der Waals surface area (Å²) in [4.78, 5) is 1.85. The number of nitrogens with zero attached hydrogens (tertiary/aromatic N) is 1. The highest BCUT2D eigenvalue weighted by molar-refractivity contribution is 7.91. The third-order valence-electron chi connectivity index (χ3n) is 3.56. The van der Waals surface area contributed by atoms with Crippen molar-refractivity contribution >= 4 is 31.2 Å². The summed E-state index contributed by atoms with van der Waals surface area (Å²) in [6.07, 6.45) is 1.05. The van der Waals surface area contributed by atoms with Crippen molar-refractivity contribution in [2.75, 3.05) is 26.9 Å². The van der Waals surface area contributed by atoms with Crippen LogP contribution < -0.4 is 4.72 Å². The number of benzene rings is 1. The lowest BCUT2D eigenvalue weighted by molar-refractivity contribution is 0.300. The molecular formula is C15H20N2O4S3. The molecule has 0 aliphatic carbocycles. The molecule has 0 aliphatic heterocycles. The third kappa shape index (κ3) is 4.64. The number of rotatable bonds is 7. The molecule has 24 heavy (non-hydrogen) atoms. The van der Waals surface area contributed by atoms with E-state index >= 15 is 0 Å². The fourth-order valence-corrected chi connectivity index (χ4v) is 4.74. The first-order valence-corrected chi connectivity index (χ1v) is 11.4. The van der Waals surface area contributed by atoms with Crippen LogP contribution in [0.15, 0.2) is 50.9 Å². The fourth-order valence-electron chi connectivity index (χ4n) is 2.21. The minimum Gasteiger partial charge on any atom is -0.301 e. The van der Waals surface area contributed by atoms with Crippen LogP contribution in [0.4, 0.5) is 0 Å². The highest BCUT2D eigenvalue weighted by Gasteiger charge is 2.21. The molecule has 2 rings (SSSR count). The molecule has 1 aromatic heterocycles. The minimum atomic E-state index is -3.80. The van der Waals surface area contributed by atoms with Crippen LogP contribution in [0.2, 0.25) is 0 Å². The van der Waals surface area contributed by atoms with Crippen molar-refractivity contribution in [3.63, 3.8) is 0 Å². The van der Waals surface area contributed by atoms with Crippen LogP contribution in [0.3, 0.4) is 0 Å². The predicted molar refractivity (Wildman–Crippen MR) is 95.5 cm³/mol. The van der Waals surface area contributed by atoms with E-state index in [1.54, 1.807) is 11.3 Å². The maximum Gasteiger partial charge on any atom is 0.240 e. The zero-order valence-corrected chi connectivity index (χ0v) is 16.1. The lowest BCUT2D eigenvalue weighted by atomic mass is 10.1. The van der Waals surface area contributed by atoms with Gasteiger partial charge in [0.2, 0.25) is 10.0 Å². The Balaban J connectivity index is 2.22. The van der Waals surface area contributed by atoms with Crippen molar-refractivity contribution < 1.29 is 16.8 Å². The van der Waals surface area contributed by atoms with Gasteiger partial charge in [-0.2, -0.15) is 11.3 Å². The highest BCUT2D eigenvalue weighted by atomic mass is 32.2. The lowest BCUT2D eigenvalue weighted by Crippen LogP contribution is -2.34.